The molecule has 4 aromatic rings. The van der Waals surface area contributed by atoms with Gasteiger partial charge in [0.05, 0.1) is 10.7 Å². The quantitative estimate of drug-likeness (QED) is 0.218. The molecule has 2 saturated heterocycles. The first-order chi connectivity index (χ1) is 21.9. The number of alkyl halides is 4. The minimum absolute atomic E-state index is 0.0137. The molecule has 1 amide bonds. The van der Waals surface area contributed by atoms with Gasteiger partial charge in [-0.1, -0.05) is 42.4 Å². The highest BCUT2D eigenvalue weighted by molar-refractivity contribution is 6.36. The Labute approximate surface area is 265 Å². The van der Waals surface area contributed by atoms with Gasteiger partial charge in [0.1, 0.15) is 18.3 Å². The number of fused-ring (bicyclic) bond motifs is 2. The third kappa shape index (κ3) is 5.75. The molecule has 3 atom stereocenters. The van der Waals surface area contributed by atoms with Crippen molar-refractivity contribution in [3.63, 3.8) is 0 Å². The highest BCUT2D eigenvalue weighted by atomic mass is 35.5. The molecule has 2 aromatic heterocycles. The zero-order valence-corrected chi connectivity index (χ0v) is 25.7. The Hall–Kier alpha value is -4.30. The van der Waals surface area contributed by atoms with Crippen molar-refractivity contribution in [2.75, 3.05) is 44.7 Å². The molecule has 1 unspecified atom stereocenters. The number of nitrogens with zero attached hydrogens (tertiary/aromatic N) is 7. The second kappa shape index (κ2) is 12.1. The molecular weight excluding hydrogens is 630 g/mol. The maximum atomic E-state index is 14.8. The predicted octanol–water partition coefficient (Wildman–Crippen LogP) is 4.65. The van der Waals surface area contributed by atoms with E-state index in [1.165, 1.54) is 24.3 Å². The van der Waals surface area contributed by atoms with Crippen molar-refractivity contribution in [3.05, 3.63) is 70.3 Å². The van der Waals surface area contributed by atoms with Gasteiger partial charge in [-0.2, -0.15) is 23.1 Å². The van der Waals surface area contributed by atoms with E-state index in [9.17, 15) is 27.2 Å². The summed E-state index contributed by atoms with van der Waals surface area (Å²) in [5, 5.41) is 0.895. The van der Waals surface area contributed by atoms with Gasteiger partial charge >= 0.3 is 12.2 Å². The number of hydrogen-bond donors (Lipinski definition) is 0. The number of rotatable bonds is 6. The summed E-state index contributed by atoms with van der Waals surface area (Å²) in [6.07, 6.45) is -4.69. The van der Waals surface area contributed by atoms with E-state index in [2.05, 4.69) is 21.5 Å². The lowest BCUT2D eigenvalue weighted by Gasteiger charge is -2.40. The van der Waals surface area contributed by atoms with Gasteiger partial charge in [-0.25, -0.2) is 9.37 Å². The Morgan fingerprint density at radius 1 is 1.11 bits per heavy atom. The van der Waals surface area contributed by atoms with Crippen LogP contribution in [-0.4, -0.2) is 93.3 Å². The number of carbonyl (C=O) groups is 1. The first-order valence-corrected chi connectivity index (χ1v) is 15.0. The topological polar surface area (TPSA) is 96.7 Å². The summed E-state index contributed by atoms with van der Waals surface area (Å²) in [4.78, 5) is 44.3. The van der Waals surface area contributed by atoms with Crippen LogP contribution >= 0.6 is 11.6 Å². The minimum atomic E-state index is -5.07. The zero-order chi connectivity index (χ0) is 32.9. The van der Waals surface area contributed by atoms with Gasteiger partial charge in [0.2, 0.25) is 11.7 Å². The smallest absolute Gasteiger partial charge is 0.450 e. The van der Waals surface area contributed by atoms with Gasteiger partial charge in [0, 0.05) is 43.6 Å². The predicted molar refractivity (Wildman–Crippen MR) is 165 cm³/mol. The molecule has 10 nitrogen and oxygen atoms in total. The first-order valence-electron chi connectivity index (χ1n) is 14.6. The molecule has 242 valence electrons. The number of hydrogen-bond acceptors (Lipinski definition) is 8. The maximum absolute atomic E-state index is 14.8. The maximum Gasteiger partial charge on any atom is 0.450 e. The molecule has 2 fully saturated rings. The lowest BCUT2D eigenvalue weighted by atomic mass is 10.1. The van der Waals surface area contributed by atoms with Crippen LogP contribution in [-0.2, 0) is 11.0 Å². The lowest BCUT2D eigenvalue weighted by Crippen LogP contribution is -2.53. The summed E-state index contributed by atoms with van der Waals surface area (Å²) in [6.45, 7) is 6.12. The van der Waals surface area contributed by atoms with Crippen molar-refractivity contribution >= 4 is 45.1 Å². The molecule has 2 aromatic carbocycles. The van der Waals surface area contributed by atoms with Crippen LogP contribution in [0.5, 0.6) is 6.01 Å². The van der Waals surface area contributed by atoms with Crippen molar-refractivity contribution in [3.8, 4) is 11.7 Å². The summed E-state index contributed by atoms with van der Waals surface area (Å²) in [7, 11) is 1.75. The fraction of sp³-hybridized carbons (Fsp3) is 0.387. The summed E-state index contributed by atoms with van der Waals surface area (Å²) in [6, 6.07) is 8.39. The summed E-state index contributed by atoms with van der Waals surface area (Å²) in [5.41, 5.74) is -2.00. The largest absolute Gasteiger partial charge is 0.462 e. The van der Waals surface area contributed by atoms with Crippen molar-refractivity contribution in [2.45, 2.75) is 37.8 Å². The summed E-state index contributed by atoms with van der Waals surface area (Å²) >= 11 is 6.45. The standard InChI is InChI=1S/C31H30ClF4N7O3/c1-4-23(44)41-11-12-42(17(2)14-41)27-25-26(38-30(39-27)46-16-20-13-19(33)15-40(20)3)28(45)43(29(37-25)31(34,35)36)22-10-6-8-18-7-5-9-21(32)24(18)22/h4-10,17,19-20H,1,11-16H2,2-3H3/t17-,19+,20?/m0/s1. The third-order valence-electron chi connectivity index (χ3n) is 8.43. The summed E-state index contributed by atoms with van der Waals surface area (Å²) in [5.74, 6) is -1.82. The van der Waals surface area contributed by atoms with E-state index in [1.54, 1.807) is 46.9 Å². The number of likely N-dealkylation sites (N-methyl/N-ethyl adjacent to an activating group) is 1. The Bertz CT molecular complexity index is 1900. The molecule has 15 heteroatoms. The Morgan fingerprint density at radius 2 is 1.85 bits per heavy atom. The Morgan fingerprint density at radius 3 is 2.50 bits per heavy atom. The molecule has 0 bridgehead atoms. The van der Waals surface area contributed by atoms with Gasteiger partial charge < -0.3 is 14.5 Å². The average Bonchev–Trinajstić information content (AvgIpc) is 3.35. The van der Waals surface area contributed by atoms with Gasteiger partial charge in [0.25, 0.3) is 5.56 Å². The number of ether oxygens (including phenoxy) is 1. The number of aromatic nitrogens is 4. The van der Waals surface area contributed by atoms with E-state index in [0.29, 0.717) is 9.95 Å². The van der Waals surface area contributed by atoms with E-state index in [1.807, 2.05) is 0 Å². The van der Waals surface area contributed by atoms with Crippen LogP contribution in [0.4, 0.5) is 23.4 Å². The van der Waals surface area contributed by atoms with E-state index in [4.69, 9.17) is 16.3 Å². The monoisotopic (exact) mass is 659 g/mol. The van der Waals surface area contributed by atoms with Crippen molar-refractivity contribution < 1.29 is 27.1 Å². The summed E-state index contributed by atoms with van der Waals surface area (Å²) < 4.78 is 64.8. The molecule has 0 radical (unpaired) electrons. The molecule has 0 saturated carbocycles. The molecule has 46 heavy (non-hydrogen) atoms. The molecule has 6 rings (SSSR count). The number of benzene rings is 2. The van der Waals surface area contributed by atoms with E-state index >= 15 is 0 Å². The second-order valence-corrected chi connectivity index (χ2v) is 11.9. The number of carbonyl (C=O) groups excluding carboxylic acids is 1. The fourth-order valence-electron chi connectivity index (χ4n) is 6.15. The minimum Gasteiger partial charge on any atom is -0.462 e. The SMILES string of the molecule is C=CC(=O)N1CCN(c2nc(OCC3C[C@@H](F)CN3C)nc3c(=O)n(-c4cccc5cccc(Cl)c45)c(C(F)(F)F)nc23)[C@@H](C)C1. The molecule has 0 aliphatic carbocycles. The zero-order valence-electron chi connectivity index (χ0n) is 25.0. The van der Waals surface area contributed by atoms with E-state index in [-0.39, 0.29) is 84.6 Å². The van der Waals surface area contributed by atoms with Crippen LogP contribution < -0.4 is 15.2 Å². The van der Waals surface area contributed by atoms with Crippen LogP contribution in [0, 0.1) is 0 Å². The van der Waals surface area contributed by atoms with Crippen LogP contribution in [0.15, 0.2) is 53.8 Å². The normalized spacial score (nSPS) is 20.9. The molecule has 2 aliphatic rings. The number of piperazine rings is 1. The van der Waals surface area contributed by atoms with Crippen LogP contribution in [0.3, 0.4) is 0 Å². The first kappa shape index (κ1) is 31.7. The van der Waals surface area contributed by atoms with Gasteiger partial charge in [-0.15, -0.1) is 0 Å². The molecule has 0 N–H and O–H groups in total. The van der Waals surface area contributed by atoms with Gasteiger partial charge in [0.15, 0.2) is 11.3 Å². The third-order valence-corrected chi connectivity index (χ3v) is 8.75. The Kier molecular flexibility index (Phi) is 8.36. The Balaban J connectivity index is 1.57. The second-order valence-electron chi connectivity index (χ2n) is 11.5. The number of halogens is 5. The highest BCUT2D eigenvalue weighted by Gasteiger charge is 2.40. The van der Waals surface area contributed by atoms with Crippen molar-refractivity contribution in [2.24, 2.45) is 0 Å². The van der Waals surface area contributed by atoms with Crippen molar-refractivity contribution in [1.82, 2.24) is 29.3 Å². The van der Waals surface area contributed by atoms with Crippen LogP contribution in [0.25, 0.3) is 27.5 Å². The van der Waals surface area contributed by atoms with E-state index < -0.39 is 35.3 Å². The molecular formula is C31H30ClF4N7O3. The average molecular weight is 660 g/mol. The molecule has 0 spiro atoms. The highest BCUT2D eigenvalue weighted by Crippen LogP contribution is 2.36. The molecule has 4 heterocycles. The molecule has 2 aliphatic heterocycles. The van der Waals surface area contributed by atoms with Gasteiger partial charge in [-0.3, -0.25) is 19.1 Å². The number of amides is 1. The number of likely N-dealkylation sites (tertiary alicyclic amines) is 1. The van der Waals surface area contributed by atoms with Gasteiger partial charge in [-0.05, 0) is 44.0 Å². The lowest BCUT2D eigenvalue weighted by molar-refractivity contribution is -0.146. The van der Waals surface area contributed by atoms with E-state index in [0.717, 1.165) is 0 Å². The van der Waals surface area contributed by atoms with Crippen molar-refractivity contribution in [1.29, 1.82) is 0 Å². The fourth-order valence-corrected chi connectivity index (χ4v) is 6.43. The van der Waals surface area contributed by atoms with Crippen LogP contribution in [0.1, 0.15) is 19.2 Å². The van der Waals surface area contributed by atoms with Crippen LogP contribution in [0.2, 0.25) is 5.02 Å². The number of anilines is 1.